The summed E-state index contributed by atoms with van der Waals surface area (Å²) in [6.45, 7) is 9.09. The molecule has 0 fully saturated rings. The second kappa shape index (κ2) is 13.9. The maximum atomic E-state index is 5.48. The first kappa shape index (κ1) is 16.9. The Balaban J connectivity index is 3.41. The molecule has 0 spiro atoms. The molecule has 0 saturated carbocycles. The summed E-state index contributed by atoms with van der Waals surface area (Å²) in [7, 11) is 1.71. The average molecular weight is 245 g/mol. The van der Waals surface area contributed by atoms with Crippen LogP contribution in [0.3, 0.4) is 0 Å². The van der Waals surface area contributed by atoms with Gasteiger partial charge in [-0.05, 0) is 44.7 Å². The summed E-state index contributed by atoms with van der Waals surface area (Å²) in [6.07, 6.45) is 6.27. The highest BCUT2D eigenvalue weighted by Gasteiger charge is 2.06. The Bertz CT molecular complexity index is 142. The normalized spacial score (nSPS) is 12.9. The number of ether oxygens (including phenoxy) is 2. The fourth-order valence-electron chi connectivity index (χ4n) is 1.96. The number of rotatable bonds is 13. The summed E-state index contributed by atoms with van der Waals surface area (Å²) >= 11 is 0. The lowest BCUT2D eigenvalue weighted by Gasteiger charge is -2.16. The van der Waals surface area contributed by atoms with Crippen LogP contribution in [0.5, 0.6) is 0 Å². The topological polar surface area (TPSA) is 30.5 Å². The van der Waals surface area contributed by atoms with Crippen molar-refractivity contribution >= 4 is 0 Å². The minimum atomic E-state index is 0.705. The quantitative estimate of drug-likeness (QED) is 0.506. The summed E-state index contributed by atoms with van der Waals surface area (Å²) in [5.41, 5.74) is 0. The largest absolute Gasteiger partial charge is 0.382 e. The van der Waals surface area contributed by atoms with Gasteiger partial charge < -0.3 is 14.8 Å². The van der Waals surface area contributed by atoms with Gasteiger partial charge in [-0.2, -0.15) is 0 Å². The van der Waals surface area contributed by atoms with Gasteiger partial charge in [0.2, 0.25) is 0 Å². The van der Waals surface area contributed by atoms with Gasteiger partial charge in [0.1, 0.15) is 0 Å². The van der Waals surface area contributed by atoms with E-state index in [2.05, 4.69) is 19.2 Å². The van der Waals surface area contributed by atoms with E-state index in [9.17, 15) is 0 Å². The third-order valence-corrected chi connectivity index (χ3v) is 2.89. The molecule has 0 aromatic carbocycles. The third-order valence-electron chi connectivity index (χ3n) is 2.89. The zero-order chi connectivity index (χ0) is 12.8. The van der Waals surface area contributed by atoms with E-state index in [0.717, 1.165) is 25.7 Å². The van der Waals surface area contributed by atoms with Crippen molar-refractivity contribution < 1.29 is 9.47 Å². The van der Waals surface area contributed by atoms with Crippen LogP contribution in [-0.4, -0.2) is 40.0 Å². The monoisotopic (exact) mass is 245 g/mol. The van der Waals surface area contributed by atoms with Gasteiger partial charge in [-0.3, -0.25) is 0 Å². The zero-order valence-electron chi connectivity index (χ0n) is 12.0. The first-order chi connectivity index (χ1) is 8.35. The van der Waals surface area contributed by atoms with Crippen LogP contribution in [-0.2, 0) is 9.47 Å². The Morgan fingerprint density at radius 3 is 2.47 bits per heavy atom. The van der Waals surface area contributed by atoms with E-state index in [0.29, 0.717) is 6.61 Å². The zero-order valence-corrected chi connectivity index (χ0v) is 12.0. The van der Waals surface area contributed by atoms with Gasteiger partial charge in [0.25, 0.3) is 0 Å². The van der Waals surface area contributed by atoms with Gasteiger partial charge in [-0.25, -0.2) is 0 Å². The molecule has 0 radical (unpaired) electrons. The van der Waals surface area contributed by atoms with Crippen LogP contribution in [0.25, 0.3) is 0 Å². The van der Waals surface area contributed by atoms with Crippen LogP contribution >= 0.6 is 0 Å². The van der Waals surface area contributed by atoms with Crippen LogP contribution in [0.2, 0.25) is 0 Å². The molecule has 0 rings (SSSR count). The summed E-state index contributed by atoms with van der Waals surface area (Å²) in [4.78, 5) is 0. The van der Waals surface area contributed by atoms with Gasteiger partial charge in [0.05, 0.1) is 13.2 Å². The number of methoxy groups -OCH3 is 1. The van der Waals surface area contributed by atoms with E-state index in [-0.39, 0.29) is 0 Å². The molecule has 0 aromatic heterocycles. The molecule has 1 atom stereocenters. The molecule has 0 bridgehead atoms. The van der Waals surface area contributed by atoms with Crippen molar-refractivity contribution in [2.24, 2.45) is 5.92 Å². The Morgan fingerprint density at radius 1 is 1.00 bits per heavy atom. The Hall–Kier alpha value is -0.120. The Kier molecular flexibility index (Phi) is 13.8. The minimum Gasteiger partial charge on any atom is -0.382 e. The van der Waals surface area contributed by atoms with Crippen molar-refractivity contribution in [1.29, 1.82) is 0 Å². The number of nitrogens with one attached hydrogen (secondary N) is 1. The predicted molar refractivity (Wildman–Crippen MR) is 73.5 cm³/mol. The van der Waals surface area contributed by atoms with Crippen LogP contribution in [0.15, 0.2) is 0 Å². The lowest BCUT2D eigenvalue weighted by molar-refractivity contribution is 0.0670. The third kappa shape index (κ3) is 12.1. The van der Waals surface area contributed by atoms with E-state index in [1.165, 1.54) is 38.6 Å². The lowest BCUT2D eigenvalue weighted by atomic mass is 9.98. The molecular formula is C14H31NO2. The smallest absolute Gasteiger partial charge is 0.0700 e. The van der Waals surface area contributed by atoms with Gasteiger partial charge in [0, 0.05) is 13.7 Å². The van der Waals surface area contributed by atoms with Crippen molar-refractivity contribution in [1.82, 2.24) is 5.32 Å². The highest BCUT2D eigenvalue weighted by atomic mass is 16.5. The van der Waals surface area contributed by atoms with Crippen LogP contribution < -0.4 is 5.32 Å². The first-order valence-electron chi connectivity index (χ1n) is 7.12. The number of hydrogen-bond acceptors (Lipinski definition) is 3. The molecule has 17 heavy (non-hydrogen) atoms. The molecule has 1 N–H and O–H groups in total. The summed E-state index contributed by atoms with van der Waals surface area (Å²) < 4.78 is 10.4. The predicted octanol–water partition coefficient (Wildman–Crippen LogP) is 2.85. The Morgan fingerprint density at radius 2 is 1.82 bits per heavy atom. The van der Waals surface area contributed by atoms with Gasteiger partial charge in [-0.1, -0.05) is 20.3 Å². The summed E-state index contributed by atoms with van der Waals surface area (Å²) in [5.74, 6) is 0.817. The highest BCUT2D eigenvalue weighted by molar-refractivity contribution is 4.62. The van der Waals surface area contributed by atoms with Crippen LogP contribution in [0, 0.1) is 5.92 Å². The first-order valence-corrected chi connectivity index (χ1v) is 7.12. The molecule has 0 saturated heterocycles. The van der Waals surface area contributed by atoms with E-state index >= 15 is 0 Å². The van der Waals surface area contributed by atoms with E-state index in [1.54, 1.807) is 7.11 Å². The maximum Gasteiger partial charge on any atom is 0.0700 e. The average Bonchev–Trinajstić information content (AvgIpc) is 2.34. The molecule has 0 heterocycles. The SMILES string of the molecule is CCCNCC(CCC)CCCOCCOC. The fourth-order valence-corrected chi connectivity index (χ4v) is 1.96. The molecule has 0 aliphatic rings. The molecule has 104 valence electrons. The van der Waals surface area contributed by atoms with Crippen LogP contribution in [0.4, 0.5) is 0 Å². The molecular weight excluding hydrogens is 214 g/mol. The number of hydrogen-bond donors (Lipinski definition) is 1. The van der Waals surface area contributed by atoms with Crippen molar-refractivity contribution in [3.05, 3.63) is 0 Å². The van der Waals surface area contributed by atoms with Crippen molar-refractivity contribution in [3.8, 4) is 0 Å². The molecule has 0 aliphatic heterocycles. The second-order valence-corrected chi connectivity index (χ2v) is 4.61. The van der Waals surface area contributed by atoms with Crippen LogP contribution in [0.1, 0.15) is 46.0 Å². The standard InChI is InChI=1S/C14H31NO2/c1-4-7-14(13-15-9-5-2)8-6-10-17-12-11-16-3/h14-15H,4-13H2,1-3H3. The second-order valence-electron chi connectivity index (χ2n) is 4.61. The molecule has 0 amide bonds. The highest BCUT2D eigenvalue weighted by Crippen LogP contribution is 2.12. The van der Waals surface area contributed by atoms with E-state index < -0.39 is 0 Å². The molecule has 0 aromatic rings. The van der Waals surface area contributed by atoms with Crippen molar-refractivity contribution in [2.75, 3.05) is 40.0 Å². The van der Waals surface area contributed by atoms with Gasteiger partial charge in [-0.15, -0.1) is 0 Å². The fraction of sp³-hybridized carbons (Fsp3) is 1.00. The molecule has 0 aliphatic carbocycles. The van der Waals surface area contributed by atoms with Gasteiger partial charge >= 0.3 is 0 Å². The summed E-state index contributed by atoms with van der Waals surface area (Å²) in [5, 5.41) is 3.52. The van der Waals surface area contributed by atoms with E-state index in [4.69, 9.17) is 9.47 Å². The van der Waals surface area contributed by atoms with E-state index in [1.807, 2.05) is 0 Å². The molecule has 3 heteroatoms. The lowest BCUT2D eigenvalue weighted by Crippen LogP contribution is -2.23. The Labute approximate surface area is 107 Å². The van der Waals surface area contributed by atoms with Crippen molar-refractivity contribution in [2.45, 2.75) is 46.0 Å². The van der Waals surface area contributed by atoms with Gasteiger partial charge in [0.15, 0.2) is 0 Å². The molecule has 1 unspecified atom stereocenters. The summed E-state index contributed by atoms with van der Waals surface area (Å²) in [6, 6.07) is 0. The molecule has 3 nitrogen and oxygen atoms in total. The maximum absolute atomic E-state index is 5.48. The minimum absolute atomic E-state index is 0.705. The van der Waals surface area contributed by atoms with Crippen molar-refractivity contribution in [3.63, 3.8) is 0 Å².